The first kappa shape index (κ1) is 15.9. The highest BCUT2D eigenvalue weighted by atomic mass is 32.2. The number of rotatable bonds is 4. The Morgan fingerprint density at radius 1 is 1.30 bits per heavy atom. The summed E-state index contributed by atoms with van der Waals surface area (Å²) in [4.78, 5) is 8.91. The molecule has 2 heterocycles. The minimum absolute atomic E-state index is 0.131. The molecule has 2 rings (SSSR count). The monoisotopic (exact) mass is 311 g/mol. The highest BCUT2D eigenvalue weighted by molar-refractivity contribution is 8.14. The summed E-state index contributed by atoms with van der Waals surface area (Å²) in [6, 6.07) is 0. The van der Waals surface area contributed by atoms with Gasteiger partial charge in [-0.25, -0.2) is 0 Å². The van der Waals surface area contributed by atoms with Crippen molar-refractivity contribution in [3.8, 4) is 0 Å². The molecule has 0 aromatic rings. The van der Waals surface area contributed by atoms with Gasteiger partial charge >= 0.3 is 6.18 Å². The molecular weight excluding hydrogens is 291 g/mol. The highest BCUT2D eigenvalue weighted by Crippen LogP contribution is 2.23. The van der Waals surface area contributed by atoms with Gasteiger partial charge < -0.3 is 9.64 Å². The summed E-state index contributed by atoms with van der Waals surface area (Å²) >= 11 is 1.81. The number of piperazine rings is 1. The minimum atomic E-state index is -4.23. The van der Waals surface area contributed by atoms with Crippen molar-refractivity contribution >= 4 is 16.9 Å². The summed E-state index contributed by atoms with van der Waals surface area (Å²) in [5.74, 6) is 0. The number of hydrogen-bond donors (Lipinski definition) is 0. The molecule has 0 saturated carbocycles. The molecule has 0 amide bonds. The predicted octanol–water partition coefficient (Wildman–Crippen LogP) is 1.67. The van der Waals surface area contributed by atoms with E-state index >= 15 is 0 Å². The van der Waals surface area contributed by atoms with Crippen LogP contribution in [0.4, 0.5) is 13.2 Å². The Bertz CT molecular complexity index is 343. The summed E-state index contributed by atoms with van der Waals surface area (Å²) < 4.78 is 40.4. The number of aliphatic imine (C=N–C) groups is 1. The van der Waals surface area contributed by atoms with E-state index in [-0.39, 0.29) is 6.61 Å². The zero-order chi connectivity index (χ0) is 14.6. The maximum absolute atomic E-state index is 11.9. The van der Waals surface area contributed by atoms with E-state index in [4.69, 9.17) is 0 Å². The first-order valence-corrected chi connectivity index (χ1v) is 7.65. The van der Waals surface area contributed by atoms with Crippen LogP contribution >= 0.6 is 11.8 Å². The molecular formula is C12H20F3N3OS. The average molecular weight is 311 g/mol. The summed E-state index contributed by atoms with van der Waals surface area (Å²) in [5.41, 5.74) is 0. The molecule has 0 aromatic carbocycles. The van der Waals surface area contributed by atoms with Crippen molar-refractivity contribution in [1.29, 1.82) is 0 Å². The van der Waals surface area contributed by atoms with Gasteiger partial charge in [0, 0.05) is 38.0 Å². The number of thioether (sulfide) groups is 1. The van der Waals surface area contributed by atoms with Gasteiger partial charge in [-0.15, -0.1) is 0 Å². The van der Waals surface area contributed by atoms with Crippen LogP contribution in [0.5, 0.6) is 0 Å². The largest absolute Gasteiger partial charge is 0.411 e. The van der Waals surface area contributed by atoms with Gasteiger partial charge in [-0.05, 0) is 0 Å². The SMILES string of the molecule is C[C@@H]1CN=C(N2CCN(CCOCC(F)(F)F)CC2)S1. The quantitative estimate of drug-likeness (QED) is 0.739. The summed E-state index contributed by atoms with van der Waals surface area (Å²) in [6.45, 7) is 6.05. The van der Waals surface area contributed by atoms with Crippen LogP contribution < -0.4 is 0 Å². The highest BCUT2D eigenvalue weighted by Gasteiger charge is 2.28. The second-order valence-corrected chi connectivity index (χ2v) is 6.45. The fourth-order valence-corrected chi connectivity index (χ4v) is 3.17. The lowest BCUT2D eigenvalue weighted by atomic mass is 10.3. The van der Waals surface area contributed by atoms with Crippen LogP contribution in [0, 0.1) is 0 Å². The van der Waals surface area contributed by atoms with Gasteiger partial charge in [-0.1, -0.05) is 18.7 Å². The van der Waals surface area contributed by atoms with E-state index < -0.39 is 12.8 Å². The average Bonchev–Trinajstić information content (AvgIpc) is 2.81. The third-order valence-corrected chi connectivity index (χ3v) is 4.40. The van der Waals surface area contributed by atoms with Crippen molar-refractivity contribution in [1.82, 2.24) is 9.80 Å². The second kappa shape index (κ2) is 7.00. The first-order valence-electron chi connectivity index (χ1n) is 6.77. The Hall–Kier alpha value is -0.470. The molecule has 0 unspecified atom stereocenters. The van der Waals surface area contributed by atoms with Gasteiger partial charge in [0.05, 0.1) is 13.2 Å². The Labute approximate surface area is 121 Å². The molecule has 2 aliphatic rings. The van der Waals surface area contributed by atoms with Crippen LogP contribution in [0.15, 0.2) is 4.99 Å². The predicted molar refractivity (Wildman–Crippen MR) is 74.2 cm³/mol. The second-order valence-electron chi connectivity index (χ2n) is 5.05. The molecule has 0 spiro atoms. The number of halogens is 3. The number of hydrogen-bond acceptors (Lipinski definition) is 5. The van der Waals surface area contributed by atoms with E-state index in [1.165, 1.54) is 0 Å². The number of ether oxygens (including phenoxy) is 1. The van der Waals surface area contributed by atoms with Gasteiger partial charge in [0.25, 0.3) is 0 Å². The molecule has 1 saturated heterocycles. The minimum Gasteiger partial charge on any atom is -0.371 e. The van der Waals surface area contributed by atoms with Crippen LogP contribution in [0.2, 0.25) is 0 Å². The normalized spacial score (nSPS) is 25.1. The first-order chi connectivity index (χ1) is 9.44. The molecule has 0 N–H and O–H groups in total. The van der Waals surface area contributed by atoms with Crippen molar-refractivity contribution in [3.05, 3.63) is 0 Å². The molecule has 8 heteroatoms. The third-order valence-electron chi connectivity index (χ3n) is 3.25. The molecule has 4 nitrogen and oxygen atoms in total. The van der Waals surface area contributed by atoms with Gasteiger partial charge in [0.15, 0.2) is 5.17 Å². The molecule has 1 fully saturated rings. The Kier molecular flexibility index (Phi) is 5.57. The Morgan fingerprint density at radius 2 is 2.00 bits per heavy atom. The van der Waals surface area contributed by atoms with Crippen molar-refractivity contribution in [2.24, 2.45) is 4.99 Å². The molecule has 116 valence electrons. The lowest BCUT2D eigenvalue weighted by Gasteiger charge is -2.35. The smallest absolute Gasteiger partial charge is 0.371 e. The van der Waals surface area contributed by atoms with Gasteiger partial charge in [-0.3, -0.25) is 9.89 Å². The van der Waals surface area contributed by atoms with E-state index in [0.29, 0.717) is 11.8 Å². The van der Waals surface area contributed by atoms with Crippen LogP contribution in [-0.4, -0.2) is 78.9 Å². The van der Waals surface area contributed by atoms with Crippen molar-refractivity contribution in [3.63, 3.8) is 0 Å². The lowest BCUT2D eigenvalue weighted by molar-refractivity contribution is -0.174. The Balaban J connectivity index is 1.60. The molecule has 0 aromatic heterocycles. The topological polar surface area (TPSA) is 28.1 Å². The van der Waals surface area contributed by atoms with E-state index in [0.717, 1.165) is 37.9 Å². The van der Waals surface area contributed by atoms with Crippen LogP contribution in [-0.2, 0) is 4.74 Å². The van der Waals surface area contributed by atoms with Crippen LogP contribution in [0.1, 0.15) is 6.92 Å². The van der Waals surface area contributed by atoms with Crippen molar-refractivity contribution in [2.75, 3.05) is 52.5 Å². The maximum Gasteiger partial charge on any atom is 0.411 e. The maximum atomic E-state index is 11.9. The zero-order valence-electron chi connectivity index (χ0n) is 11.5. The molecule has 0 bridgehead atoms. The van der Waals surface area contributed by atoms with Gasteiger partial charge in [-0.2, -0.15) is 13.2 Å². The molecule has 0 radical (unpaired) electrons. The fraction of sp³-hybridized carbons (Fsp3) is 0.917. The summed E-state index contributed by atoms with van der Waals surface area (Å²) in [5, 5.41) is 1.67. The van der Waals surface area contributed by atoms with Crippen LogP contribution in [0.25, 0.3) is 0 Å². The van der Waals surface area contributed by atoms with E-state index in [2.05, 4.69) is 26.5 Å². The summed E-state index contributed by atoms with van der Waals surface area (Å²) in [7, 11) is 0. The van der Waals surface area contributed by atoms with Gasteiger partial charge in [0.2, 0.25) is 0 Å². The third kappa shape index (κ3) is 5.14. The standard InChI is InChI=1S/C12H20F3N3OS/c1-10-8-16-11(20-10)18-4-2-17(3-5-18)6-7-19-9-12(13,14)15/h10H,2-9H2,1H3/t10-/m1/s1. The fourth-order valence-electron chi connectivity index (χ4n) is 2.18. The summed E-state index contributed by atoms with van der Waals surface area (Å²) in [6.07, 6.45) is -4.23. The number of nitrogens with zero attached hydrogens (tertiary/aromatic N) is 3. The van der Waals surface area contributed by atoms with Crippen molar-refractivity contribution < 1.29 is 17.9 Å². The zero-order valence-corrected chi connectivity index (χ0v) is 12.3. The lowest BCUT2D eigenvalue weighted by Crippen LogP contribution is -2.48. The molecule has 0 aliphatic carbocycles. The van der Waals surface area contributed by atoms with E-state index in [1.807, 2.05) is 0 Å². The van der Waals surface area contributed by atoms with Crippen LogP contribution in [0.3, 0.4) is 0 Å². The van der Waals surface area contributed by atoms with Crippen molar-refractivity contribution in [2.45, 2.75) is 18.3 Å². The Morgan fingerprint density at radius 3 is 2.55 bits per heavy atom. The molecule has 20 heavy (non-hydrogen) atoms. The number of amidine groups is 1. The number of alkyl halides is 3. The van der Waals surface area contributed by atoms with Gasteiger partial charge in [0.1, 0.15) is 6.61 Å². The molecule has 2 aliphatic heterocycles. The van der Waals surface area contributed by atoms with E-state index in [9.17, 15) is 13.2 Å². The molecule has 1 atom stereocenters. The van der Waals surface area contributed by atoms with E-state index in [1.54, 1.807) is 11.8 Å².